The standard InChI is InChI=1S/C12H21NO3S/c1-8(2)9(7-11(14)15)13-12(16)10-5-3-4-6-17-10/h8-10H,3-7H2,1-2H3,(H,13,16)(H,14,15). The molecule has 0 bridgehead atoms. The zero-order chi connectivity index (χ0) is 12.8. The van der Waals surface area contributed by atoms with Crippen molar-refractivity contribution in [3.8, 4) is 0 Å². The molecule has 0 aliphatic carbocycles. The fraction of sp³-hybridized carbons (Fsp3) is 0.833. The van der Waals surface area contributed by atoms with Crippen molar-refractivity contribution in [3.05, 3.63) is 0 Å². The number of rotatable bonds is 5. The number of hydrogen-bond donors (Lipinski definition) is 2. The van der Waals surface area contributed by atoms with E-state index in [9.17, 15) is 9.59 Å². The van der Waals surface area contributed by atoms with E-state index < -0.39 is 5.97 Å². The Labute approximate surface area is 107 Å². The van der Waals surface area contributed by atoms with Gasteiger partial charge >= 0.3 is 5.97 Å². The largest absolute Gasteiger partial charge is 0.481 e. The van der Waals surface area contributed by atoms with Gasteiger partial charge in [0.15, 0.2) is 0 Å². The Hall–Kier alpha value is -0.710. The fourth-order valence-electron chi connectivity index (χ4n) is 1.86. The maximum absolute atomic E-state index is 12.0. The number of aliphatic carboxylic acids is 1. The van der Waals surface area contributed by atoms with Crippen LogP contribution in [0.1, 0.15) is 39.5 Å². The highest BCUT2D eigenvalue weighted by Crippen LogP contribution is 2.25. The molecule has 98 valence electrons. The Kier molecular flexibility index (Phi) is 5.82. The van der Waals surface area contributed by atoms with Crippen LogP contribution in [0.5, 0.6) is 0 Å². The van der Waals surface area contributed by atoms with Gasteiger partial charge in [0.2, 0.25) is 5.91 Å². The van der Waals surface area contributed by atoms with Crippen molar-refractivity contribution in [2.45, 2.75) is 50.8 Å². The van der Waals surface area contributed by atoms with E-state index in [1.54, 1.807) is 11.8 Å². The van der Waals surface area contributed by atoms with Crippen molar-refractivity contribution in [2.75, 3.05) is 5.75 Å². The number of amides is 1. The zero-order valence-corrected chi connectivity index (χ0v) is 11.3. The number of carboxylic acids is 1. The average molecular weight is 259 g/mol. The van der Waals surface area contributed by atoms with E-state index in [0.29, 0.717) is 0 Å². The van der Waals surface area contributed by atoms with Gasteiger partial charge in [0.1, 0.15) is 0 Å². The van der Waals surface area contributed by atoms with Gasteiger partial charge in [-0.3, -0.25) is 9.59 Å². The van der Waals surface area contributed by atoms with E-state index in [4.69, 9.17) is 5.11 Å². The molecule has 0 spiro atoms. The first-order chi connectivity index (χ1) is 8.00. The Morgan fingerprint density at radius 2 is 2.12 bits per heavy atom. The average Bonchev–Trinajstić information content (AvgIpc) is 2.28. The van der Waals surface area contributed by atoms with Crippen LogP contribution < -0.4 is 5.32 Å². The molecule has 5 heteroatoms. The summed E-state index contributed by atoms with van der Waals surface area (Å²) in [7, 11) is 0. The van der Waals surface area contributed by atoms with E-state index in [1.807, 2.05) is 13.8 Å². The van der Waals surface area contributed by atoms with E-state index >= 15 is 0 Å². The van der Waals surface area contributed by atoms with Gasteiger partial charge in [0, 0.05) is 6.04 Å². The number of hydrogen-bond acceptors (Lipinski definition) is 3. The third-order valence-electron chi connectivity index (χ3n) is 3.00. The Balaban J connectivity index is 2.47. The first kappa shape index (κ1) is 14.4. The van der Waals surface area contributed by atoms with Crippen LogP contribution in [0.15, 0.2) is 0 Å². The van der Waals surface area contributed by atoms with Crippen molar-refractivity contribution in [1.82, 2.24) is 5.32 Å². The van der Waals surface area contributed by atoms with Gasteiger partial charge in [-0.15, -0.1) is 11.8 Å². The van der Waals surface area contributed by atoms with Gasteiger partial charge in [-0.1, -0.05) is 20.3 Å². The fourth-order valence-corrected chi connectivity index (χ4v) is 3.07. The third kappa shape index (κ3) is 4.98. The molecule has 0 aromatic rings. The normalized spacial score (nSPS) is 22.2. The minimum atomic E-state index is -0.861. The molecule has 2 atom stereocenters. The smallest absolute Gasteiger partial charge is 0.305 e. The highest BCUT2D eigenvalue weighted by Gasteiger charge is 2.26. The molecule has 0 aromatic carbocycles. The molecule has 0 saturated carbocycles. The van der Waals surface area contributed by atoms with Gasteiger partial charge in [-0.2, -0.15) is 0 Å². The summed E-state index contributed by atoms with van der Waals surface area (Å²) in [5.41, 5.74) is 0. The van der Waals surface area contributed by atoms with Crippen LogP contribution in [0.2, 0.25) is 0 Å². The van der Waals surface area contributed by atoms with Gasteiger partial charge in [0.25, 0.3) is 0 Å². The second-order valence-electron chi connectivity index (χ2n) is 4.81. The molecule has 1 aliphatic rings. The molecule has 17 heavy (non-hydrogen) atoms. The molecule has 1 heterocycles. The Morgan fingerprint density at radius 3 is 2.59 bits per heavy atom. The summed E-state index contributed by atoms with van der Waals surface area (Å²) in [6, 6.07) is -0.262. The van der Waals surface area contributed by atoms with Crippen LogP contribution in [0.25, 0.3) is 0 Å². The molecular weight excluding hydrogens is 238 g/mol. The summed E-state index contributed by atoms with van der Waals surface area (Å²) < 4.78 is 0. The summed E-state index contributed by atoms with van der Waals surface area (Å²) in [6.45, 7) is 3.86. The van der Waals surface area contributed by atoms with Gasteiger partial charge in [-0.05, 0) is 24.5 Å². The Bertz CT molecular complexity index is 275. The van der Waals surface area contributed by atoms with Crippen molar-refractivity contribution < 1.29 is 14.7 Å². The van der Waals surface area contributed by atoms with Gasteiger partial charge < -0.3 is 10.4 Å². The minimum Gasteiger partial charge on any atom is -0.481 e. The van der Waals surface area contributed by atoms with Crippen LogP contribution in [0.4, 0.5) is 0 Å². The number of nitrogens with one attached hydrogen (secondary N) is 1. The van der Waals surface area contributed by atoms with Crippen LogP contribution in [0, 0.1) is 5.92 Å². The summed E-state index contributed by atoms with van der Waals surface area (Å²) in [5, 5.41) is 11.7. The molecule has 2 N–H and O–H groups in total. The molecule has 1 saturated heterocycles. The van der Waals surface area contributed by atoms with Crippen molar-refractivity contribution in [2.24, 2.45) is 5.92 Å². The zero-order valence-electron chi connectivity index (χ0n) is 10.4. The summed E-state index contributed by atoms with van der Waals surface area (Å²) in [4.78, 5) is 22.7. The lowest BCUT2D eigenvalue weighted by Crippen LogP contribution is -2.44. The highest BCUT2D eigenvalue weighted by molar-refractivity contribution is 8.00. The number of carboxylic acid groups (broad SMARTS) is 1. The molecule has 1 fully saturated rings. The summed E-state index contributed by atoms with van der Waals surface area (Å²) in [5.74, 6) is 0.321. The molecule has 1 amide bonds. The van der Waals surface area contributed by atoms with Crippen molar-refractivity contribution in [1.29, 1.82) is 0 Å². The predicted octanol–water partition coefficient (Wildman–Crippen LogP) is 1.89. The molecular formula is C12H21NO3S. The monoisotopic (exact) mass is 259 g/mol. The maximum atomic E-state index is 12.0. The van der Waals surface area contributed by atoms with Gasteiger partial charge in [-0.25, -0.2) is 0 Å². The van der Waals surface area contributed by atoms with E-state index in [0.717, 1.165) is 18.6 Å². The SMILES string of the molecule is CC(C)C(CC(=O)O)NC(=O)C1CCCCS1. The predicted molar refractivity (Wildman–Crippen MR) is 69.1 cm³/mol. The second-order valence-corrected chi connectivity index (χ2v) is 6.12. The van der Waals surface area contributed by atoms with Gasteiger partial charge in [0.05, 0.1) is 11.7 Å². The molecule has 0 aromatic heterocycles. The number of carbonyl (C=O) groups excluding carboxylic acids is 1. The molecule has 0 radical (unpaired) electrons. The molecule has 1 rings (SSSR count). The summed E-state index contributed by atoms with van der Waals surface area (Å²) >= 11 is 1.68. The molecule has 2 unspecified atom stereocenters. The topological polar surface area (TPSA) is 66.4 Å². The van der Waals surface area contributed by atoms with Crippen LogP contribution in [0.3, 0.4) is 0 Å². The highest BCUT2D eigenvalue weighted by atomic mass is 32.2. The molecule has 4 nitrogen and oxygen atoms in total. The third-order valence-corrected chi connectivity index (χ3v) is 4.38. The first-order valence-electron chi connectivity index (χ1n) is 6.14. The maximum Gasteiger partial charge on any atom is 0.305 e. The van der Waals surface area contributed by atoms with Crippen LogP contribution >= 0.6 is 11.8 Å². The lowest BCUT2D eigenvalue weighted by molar-refractivity contribution is -0.138. The van der Waals surface area contributed by atoms with Crippen LogP contribution in [-0.2, 0) is 9.59 Å². The summed E-state index contributed by atoms with van der Waals surface area (Å²) in [6.07, 6.45) is 3.18. The van der Waals surface area contributed by atoms with Crippen LogP contribution in [-0.4, -0.2) is 34.0 Å². The Morgan fingerprint density at radius 1 is 1.41 bits per heavy atom. The van der Waals surface area contributed by atoms with Crippen molar-refractivity contribution in [3.63, 3.8) is 0 Å². The number of carbonyl (C=O) groups is 2. The lowest BCUT2D eigenvalue weighted by Gasteiger charge is -2.25. The quantitative estimate of drug-likeness (QED) is 0.791. The van der Waals surface area contributed by atoms with E-state index in [1.165, 1.54) is 6.42 Å². The first-order valence-corrected chi connectivity index (χ1v) is 7.19. The van der Waals surface area contributed by atoms with E-state index in [-0.39, 0.29) is 29.5 Å². The van der Waals surface area contributed by atoms with E-state index in [2.05, 4.69) is 5.32 Å². The minimum absolute atomic E-state index is 0.000787. The molecule has 1 aliphatic heterocycles. The second kappa shape index (κ2) is 6.89. The lowest BCUT2D eigenvalue weighted by atomic mass is 10.0. The van der Waals surface area contributed by atoms with Crippen molar-refractivity contribution >= 4 is 23.6 Å². The number of thioether (sulfide) groups is 1.